The fourth-order valence-corrected chi connectivity index (χ4v) is 4.90. The number of fused-ring (bicyclic) bond motifs is 3. The highest BCUT2D eigenvalue weighted by molar-refractivity contribution is 5.87. The van der Waals surface area contributed by atoms with E-state index in [1.807, 2.05) is 45.0 Å². The molecule has 7 nitrogen and oxygen atoms in total. The van der Waals surface area contributed by atoms with Gasteiger partial charge in [0, 0.05) is 19.0 Å². The Labute approximate surface area is 200 Å². The van der Waals surface area contributed by atoms with Gasteiger partial charge in [0.15, 0.2) is 0 Å². The first kappa shape index (κ1) is 23.8. The standard InChI is InChI=1S/C27H32N2O5/c1-27(2,3)23(24(30)29(4)17-13-16(14-17)25(31)32)28-26(33)34-15-22-20-11-7-5-9-18(20)19-10-6-8-12-21(19)22/h5-12,16-17,22-23H,13-15H2,1-4H3,(H,28,33)(H,31,32)/t16?,17?,23-/m0/s1. The van der Waals surface area contributed by atoms with Crippen LogP contribution in [0.25, 0.3) is 11.1 Å². The number of likely N-dealkylation sites (N-methyl/N-ethyl adjacent to an activating group) is 1. The molecule has 1 atom stereocenters. The lowest BCUT2D eigenvalue weighted by atomic mass is 9.78. The monoisotopic (exact) mass is 464 g/mol. The number of benzene rings is 2. The van der Waals surface area contributed by atoms with Crippen LogP contribution < -0.4 is 5.32 Å². The summed E-state index contributed by atoms with van der Waals surface area (Å²) in [6.45, 7) is 5.82. The molecule has 2 aromatic carbocycles. The molecule has 4 rings (SSSR count). The van der Waals surface area contributed by atoms with Gasteiger partial charge in [0.1, 0.15) is 12.6 Å². The lowest BCUT2D eigenvalue weighted by molar-refractivity contribution is -0.151. The highest BCUT2D eigenvalue weighted by atomic mass is 16.5. The van der Waals surface area contributed by atoms with E-state index in [2.05, 4.69) is 29.6 Å². The van der Waals surface area contributed by atoms with E-state index in [1.165, 1.54) is 0 Å². The molecule has 0 aromatic heterocycles. The number of nitrogens with one attached hydrogen (secondary N) is 1. The molecule has 0 aliphatic heterocycles. The summed E-state index contributed by atoms with van der Waals surface area (Å²) >= 11 is 0. The summed E-state index contributed by atoms with van der Waals surface area (Å²) in [5, 5.41) is 11.9. The normalized spacial score (nSPS) is 19.9. The molecule has 1 fully saturated rings. The number of carbonyl (C=O) groups excluding carboxylic acids is 2. The molecule has 2 aliphatic rings. The zero-order valence-corrected chi connectivity index (χ0v) is 20.1. The molecule has 2 aliphatic carbocycles. The first-order valence-corrected chi connectivity index (χ1v) is 11.7. The van der Waals surface area contributed by atoms with Crippen LogP contribution in [0.2, 0.25) is 0 Å². The maximum atomic E-state index is 13.2. The molecule has 34 heavy (non-hydrogen) atoms. The number of amides is 2. The summed E-state index contributed by atoms with van der Waals surface area (Å²) in [5.41, 5.74) is 4.00. The predicted molar refractivity (Wildman–Crippen MR) is 128 cm³/mol. The van der Waals surface area contributed by atoms with Gasteiger partial charge >= 0.3 is 12.1 Å². The first-order valence-electron chi connectivity index (χ1n) is 11.7. The number of alkyl carbamates (subject to hydrolysis) is 1. The molecular weight excluding hydrogens is 432 g/mol. The van der Waals surface area contributed by atoms with E-state index in [4.69, 9.17) is 9.84 Å². The van der Waals surface area contributed by atoms with Crippen molar-refractivity contribution in [1.29, 1.82) is 0 Å². The summed E-state index contributed by atoms with van der Waals surface area (Å²) in [4.78, 5) is 38.7. The second kappa shape index (κ2) is 9.12. The van der Waals surface area contributed by atoms with Crippen LogP contribution in [0.5, 0.6) is 0 Å². The third-order valence-electron chi connectivity index (χ3n) is 7.08. The van der Waals surface area contributed by atoms with Gasteiger partial charge in [-0.3, -0.25) is 9.59 Å². The summed E-state index contributed by atoms with van der Waals surface area (Å²) < 4.78 is 5.65. The lowest BCUT2D eigenvalue weighted by Gasteiger charge is -2.42. The van der Waals surface area contributed by atoms with Crippen LogP contribution in [-0.4, -0.2) is 53.7 Å². The van der Waals surface area contributed by atoms with Crippen molar-refractivity contribution in [1.82, 2.24) is 10.2 Å². The Morgan fingerprint density at radius 1 is 1.03 bits per heavy atom. The van der Waals surface area contributed by atoms with E-state index < -0.39 is 29.4 Å². The van der Waals surface area contributed by atoms with Crippen molar-refractivity contribution in [2.45, 2.75) is 51.6 Å². The average Bonchev–Trinajstić information content (AvgIpc) is 3.07. The fourth-order valence-electron chi connectivity index (χ4n) is 4.90. The van der Waals surface area contributed by atoms with E-state index in [0.717, 1.165) is 22.3 Å². The largest absolute Gasteiger partial charge is 0.481 e. The van der Waals surface area contributed by atoms with E-state index in [1.54, 1.807) is 11.9 Å². The summed E-state index contributed by atoms with van der Waals surface area (Å²) in [5.74, 6) is -1.55. The van der Waals surface area contributed by atoms with Gasteiger partial charge in [-0.15, -0.1) is 0 Å². The minimum absolute atomic E-state index is 0.0625. The molecule has 2 amide bonds. The van der Waals surface area contributed by atoms with Gasteiger partial charge in [0.25, 0.3) is 0 Å². The number of hydrogen-bond acceptors (Lipinski definition) is 4. The van der Waals surface area contributed by atoms with Crippen molar-refractivity contribution in [3.05, 3.63) is 59.7 Å². The Kier molecular flexibility index (Phi) is 6.39. The van der Waals surface area contributed by atoms with Gasteiger partial charge in [-0.25, -0.2) is 4.79 Å². The minimum Gasteiger partial charge on any atom is -0.481 e. The second-order valence-electron chi connectivity index (χ2n) is 10.4. The van der Waals surface area contributed by atoms with Crippen molar-refractivity contribution >= 4 is 18.0 Å². The van der Waals surface area contributed by atoms with Crippen LogP contribution >= 0.6 is 0 Å². The molecule has 7 heteroatoms. The molecular formula is C27H32N2O5. The molecule has 0 radical (unpaired) electrons. The maximum Gasteiger partial charge on any atom is 0.407 e. The topological polar surface area (TPSA) is 95.9 Å². The summed E-state index contributed by atoms with van der Waals surface area (Å²) in [7, 11) is 1.67. The lowest BCUT2D eigenvalue weighted by Crippen LogP contribution is -2.58. The van der Waals surface area contributed by atoms with Gasteiger partial charge in [-0.05, 0) is 40.5 Å². The smallest absolute Gasteiger partial charge is 0.407 e. The van der Waals surface area contributed by atoms with E-state index in [-0.39, 0.29) is 24.5 Å². The van der Waals surface area contributed by atoms with Crippen LogP contribution in [0, 0.1) is 11.3 Å². The Bertz CT molecular complexity index is 1050. The van der Waals surface area contributed by atoms with Crippen LogP contribution in [0.15, 0.2) is 48.5 Å². The van der Waals surface area contributed by atoms with Crippen LogP contribution in [0.4, 0.5) is 4.79 Å². The quantitative estimate of drug-likeness (QED) is 0.666. The first-order chi connectivity index (χ1) is 16.1. The molecule has 180 valence electrons. The maximum absolute atomic E-state index is 13.2. The third kappa shape index (κ3) is 4.52. The minimum atomic E-state index is -0.832. The van der Waals surface area contributed by atoms with Crippen molar-refractivity contribution in [2.24, 2.45) is 11.3 Å². The van der Waals surface area contributed by atoms with Crippen LogP contribution in [0.3, 0.4) is 0 Å². The molecule has 0 heterocycles. The van der Waals surface area contributed by atoms with Crippen molar-refractivity contribution in [3.63, 3.8) is 0 Å². The highest BCUT2D eigenvalue weighted by Crippen LogP contribution is 2.44. The Balaban J connectivity index is 1.41. The van der Waals surface area contributed by atoms with Crippen molar-refractivity contribution < 1.29 is 24.2 Å². The zero-order chi connectivity index (χ0) is 24.6. The fraction of sp³-hybridized carbons (Fsp3) is 0.444. The Morgan fingerprint density at radius 3 is 2.06 bits per heavy atom. The van der Waals surface area contributed by atoms with Crippen LogP contribution in [-0.2, 0) is 14.3 Å². The van der Waals surface area contributed by atoms with Gasteiger partial charge < -0.3 is 20.1 Å². The van der Waals surface area contributed by atoms with Gasteiger partial charge in [0.05, 0.1) is 5.92 Å². The molecule has 0 saturated heterocycles. The second-order valence-corrected chi connectivity index (χ2v) is 10.4. The molecule has 2 N–H and O–H groups in total. The van der Waals surface area contributed by atoms with Crippen molar-refractivity contribution in [2.75, 3.05) is 13.7 Å². The highest BCUT2D eigenvalue weighted by Gasteiger charge is 2.42. The third-order valence-corrected chi connectivity index (χ3v) is 7.08. The number of hydrogen-bond donors (Lipinski definition) is 2. The van der Waals surface area contributed by atoms with Gasteiger partial charge in [-0.2, -0.15) is 0 Å². The molecule has 0 spiro atoms. The number of nitrogens with zero attached hydrogens (tertiary/aromatic N) is 1. The van der Waals surface area contributed by atoms with Crippen LogP contribution in [0.1, 0.15) is 50.7 Å². The SMILES string of the molecule is CN(C(=O)[C@H](NC(=O)OCC1c2ccccc2-c2ccccc21)C(C)(C)C)C1CC(C(=O)O)C1. The van der Waals surface area contributed by atoms with E-state index >= 15 is 0 Å². The molecule has 0 unspecified atom stereocenters. The van der Waals surface area contributed by atoms with Gasteiger partial charge in [0.2, 0.25) is 5.91 Å². The van der Waals surface area contributed by atoms with Gasteiger partial charge in [-0.1, -0.05) is 69.3 Å². The summed E-state index contributed by atoms with van der Waals surface area (Å²) in [6.07, 6.45) is 0.222. The number of carboxylic acid groups (broad SMARTS) is 1. The molecule has 1 saturated carbocycles. The number of aliphatic carboxylic acids is 1. The number of rotatable bonds is 6. The number of carbonyl (C=O) groups is 3. The van der Waals surface area contributed by atoms with Crippen molar-refractivity contribution in [3.8, 4) is 11.1 Å². The molecule has 2 aromatic rings. The number of carboxylic acids is 1. The molecule has 0 bridgehead atoms. The summed E-state index contributed by atoms with van der Waals surface area (Å²) in [6, 6.07) is 15.3. The Morgan fingerprint density at radius 2 is 1.56 bits per heavy atom. The number of ether oxygens (including phenoxy) is 1. The van der Waals surface area contributed by atoms with E-state index in [9.17, 15) is 14.4 Å². The van der Waals surface area contributed by atoms with E-state index in [0.29, 0.717) is 12.8 Å². The zero-order valence-electron chi connectivity index (χ0n) is 20.1. The predicted octanol–water partition coefficient (Wildman–Crippen LogP) is 4.26. The average molecular weight is 465 g/mol. The Hall–Kier alpha value is -3.35.